The van der Waals surface area contributed by atoms with Crippen molar-refractivity contribution >= 4 is 10.9 Å². The lowest BCUT2D eigenvalue weighted by atomic mass is 9.96. The summed E-state index contributed by atoms with van der Waals surface area (Å²) >= 11 is 0. The summed E-state index contributed by atoms with van der Waals surface area (Å²) in [6, 6.07) is 19.7. The van der Waals surface area contributed by atoms with Crippen molar-refractivity contribution in [2.75, 3.05) is 0 Å². The molecule has 0 fully saturated rings. The minimum atomic E-state index is 1.14. The van der Waals surface area contributed by atoms with E-state index in [9.17, 15) is 0 Å². The van der Waals surface area contributed by atoms with E-state index in [1.54, 1.807) is 0 Å². The molecule has 2 aromatic carbocycles. The average Bonchev–Trinajstić information content (AvgIpc) is 2.66. The summed E-state index contributed by atoms with van der Waals surface area (Å²) in [6.07, 6.45) is 3.73. The molecule has 2 heterocycles. The summed E-state index contributed by atoms with van der Waals surface area (Å²) in [5.74, 6) is 0. The van der Waals surface area contributed by atoms with Gasteiger partial charge in [-0.15, -0.1) is 0 Å². The highest BCUT2D eigenvalue weighted by atomic mass is 14.9. The maximum atomic E-state index is 4.25. The van der Waals surface area contributed by atoms with Crippen LogP contribution in [0.4, 0.5) is 0 Å². The number of hydrogen-bond acceptors (Lipinski definition) is 1. The van der Waals surface area contributed by atoms with Crippen LogP contribution in [0.1, 0.15) is 16.7 Å². The first-order valence-electron chi connectivity index (χ1n) is 8.96. The van der Waals surface area contributed by atoms with Crippen molar-refractivity contribution in [3.05, 3.63) is 83.7 Å². The summed E-state index contributed by atoms with van der Waals surface area (Å²) in [5, 5.41) is 1.24. The Morgan fingerprint density at radius 2 is 1.65 bits per heavy atom. The third-order valence-electron chi connectivity index (χ3n) is 5.26. The number of fused-ring (bicyclic) bond motifs is 1. The molecule has 0 bridgehead atoms. The van der Waals surface area contributed by atoms with Crippen molar-refractivity contribution < 1.29 is 4.57 Å². The van der Waals surface area contributed by atoms with E-state index in [2.05, 4.69) is 85.9 Å². The quantitative estimate of drug-likeness (QED) is 0.452. The molecule has 128 valence electrons. The van der Waals surface area contributed by atoms with Gasteiger partial charge in [0, 0.05) is 41.0 Å². The highest BCUT2D eigenvalue weighted by Gasteiger charge is 2.17. The molecular formula is C24H23N2+. The van der Waals surface area contributed by atoms with Gasteiger partial charge in [-0.2, -0.15) is 4.57 Å². The Hall–Kier alpha value is -3.00. The molecule has 0 aliphatic rings. The van der Waals surface area contributed by atoms with Crippen molar-refractivity contribution in [2.24, 2.45) is 7.05 Å². The lowest BCUT2D eigenvalue weighted by Crippen LogP contribution is -2.32. The van der Waals surface area contributed by atoms with Gasteiger partial charge < -0.3 is 0 Å². The van der Waals surface area contributed by atoms with Crippen molar-refractivity contribution in [1.29, 1.82) is 0 Å². The molecule has 4 aromatic rings. The number of hydrogen-bond donors (Lipinski definition) is 0. The second kappa shape index (κ2) is 6.38. The van der Waals surface area contributed by atoms with E-state index in [4.69, 9.17) is 0 Å². The van der Waals surface area contributed by atoms with Gasteiger partial charge in [-0.3, -0.25) is 4.98 Å². The van der Waals surface area contributed by atoms with Crippen LogP contribution >= 0.6 is 0 Å². The molecule has 0 aliphatic heterocycles. The Balaban J connectivity index is 1.95. The van der Waals surface area contributed by atoms with Gasteiger partial charge in [0.25, 0.3) is 0 Å². The predicted molar refractivity (Wildman–Crippen MR) is 108 cm³/mol. The van der Waals surface area contributed by atoms with Crippen LogP contribution in [0.3, 0.4) is 0 Å². The van der Waals surface area contributed by atoms with Gasteiger partial charge in [-0.05, 0) is 61.7 Å². The van der Waals surface area contributed by atoms with E-state index < -0.39 is 0 Å². The number of pyridine rings is 2. The third-order valence-corrected chi connectivity index (χ3v) is 5.26. The van der Waals surface area contributed by atoms with Crippen LogP contribution in [0.5, 0.6) is 0 Å². The zero-order valence-corrected chi connectivity index (χ0v) is 15.7. The molecule has 4 rings (SSSR count). The molecule has 2 nitrogen and oxygen atoms in total. The first-order valence-corrected chi connectivity index (χ1v) is 8.96. The molecule has 0 amide bonds. The number of aromatic nitrogens is 2. The lowest BCUT2D eigenvalue weighted by Gasteiger charge is -2.11. The minimum absolute atomic E-state index is 1.14. The number of nitrogens with zero attached hydrogens (tertiary/aromatic N) is 2. The monoisotopic (exact) mass is 339 g/mol. The molecule has 0 N–H and O–H groups in total. The van der Waals surface area contributed by atoms with Crippen molar-refractivity contribution in [3.63, 3.8) is 0 Å². The van der Waals surface area contributed by atoms with Crippen LogP contribution in [0, 0.1) is 20.8 Å². The number of rotatable bonds is 2. The minimum Gasteiger partial charge on any atom is -0.264 e. The van der Waals surface area contributed by atoms with E-state index in [1.807, 2.05) is 18.5 Å². The normalized spacial score (nSPS) is 11.1. The second-order valence-corrected chi connectivity index (χ2v) is 7.05. The third kappa shape index (κ3) is 2.78. The Kier molecular flexibility index (Phi) is 4.04. The zero-order chi connectivity index (χ0) is 18.3. The molecule has 2 aromatic heterocycles. The molecule has 26 heavy (non-hydrogen) atoms. The summed E-state index contributed by atoms with van der Waals surface area (Å²) in [7, 11) is 2.15. The first kappa shape index (κ1) is 16.5. The summed E-state index contributed by atoms with van der Waals surface area (Å²) in [4.78, 5) is 4.25. The maximum Gasteiger partial charge on any atom is 0.213 e. The van der Waals surface area contributed by atoms with E-state index in [1.165, 1.54) is 44.4 Å². The van der Waals surface area contributed by atoms with Gasteiger partial charge in [0.15, 0.2) is 0 Å². The summed E-state index contributed by atoms with van der Waals surface area (Å²) in [5.41, 5.74) is 10.1. The van der Waals surface area contributed by atoms with E-state index in [0.29, 0.717) is 0 Å². The van der Waals surface area contributed by atoms with Crippen LogP contribution in [0.2, 0.25) is 0 Å². The Morgan fingerprint density at radius 1 is 0.846 bits per heavy atom. The largest absolute Gasteiger partial charge is 0.264 e. The molecule has 0 saturated heterocycles. The smallest absolute Gasteiger partial charge is 0.213 e. The van der Waals surface area contributed by atoms with Crippen LogP contribution in [0.25, 0.3) is 33.3 Å². The number of aryl methyl sites for hydroxylation is 3. The highest BCUT2D eigenvalue weighted by molar-refractivity contribution is 5.83. The van der Waals surface area contributed by atoms with Gasteiger partial charge in [-0.1, -0.05) is 23.8 Å². The van der Waals surface area contributed by atoms with E-state index in [-0.39, 0.29) is 0 Å². The lowest BCUT2D eigenvalue weighted by molar-refractivity contribution is -0.633. The fraction of sp³-hybridized carbons (Fsp3) is 0.167. The van der Waals surface area contributed by atoms with Crippen LogP contribution in [0.15, 0.2) is 67.0 Å². The van der Waals surface area contributed by atoms with E-state index in [0.717, 1.165) is 5.56 Å². The van der Waals surface area contributed by atoms with Crippen LogP contribution in [-0.2, 0) is 7.05 Å². The molecule has 0 radical (unpaired) electrons. The molecule has 0 unspecified atom stereocenters. The molecule has 2 heteroatoms. The maximum absolute atomic E-state index is 4.25. The Morgan fingerprint density at radius 3 is 2.42 bits per heavy atom. The fourth-order valence-electron chi connectivity index (χ4n) is 3.67. The second-order valence-electron chi connectivity index (χ2n) is 7.05. The molecule has 0 spiro atoms. The van der Waals surface area contributed by atoms with Crippen molar-refractivity contribution in [1.82, 2.24) is 4.98 Å². The summed E-state index contributed by atoms with van der Waals surface area (Å²) in [6.45, 7) is 6.56. The fourth-order valence-corrected chi connectivity index (χ4v) is 3.67. The van der Waals surface area contributed by atoms with E-state index >= 15 is 0 Å². The van der Waals surface area contributed by atoms with Crippen LogP contribution in [-0.4, -0.2) is 4.98 Å². The predicted octanol–water partition coefficient (Wildman–Crippen LogP) is 5.32. The zero-order valence-electron chi connectivity index (χ0n) is 15.7. The topological polar surface area (TPSA) is 16.8 Å². The van der Waals surface area contributed by atoms with Gasteiger partial charge in [-0.25, -0.2) is 0 Å². The average molecular weight is 339 g/mol. The van der Waals surface area contributed by atoms with Crippen LogP contribution < -0.4 is 4.57 Å². The van der Waals surface area contributed by atoms with Gasteiger partial charge in [0.2, 0.25) is 11.2 Å². The van der Waals surface area contributed by atoms with Gasteiger partial charge in [0.05, 0.1) is 0 Å². The SMILES string of the molecule is Cc1cc(C)c(C)c(-c2ccc3ccc(-c4cccnc4)cc3[n+]2C)c1. The molecular weight excluding hydrogens is 316 g/mol. The highest BCUT2D eigenvalue weighted by Crippen LogP contribution is 2.28. The molecule has 0 atom stereocenters. The Labute approximate surface area is 154 Å². The number of benzene rings is 2. The van der Waals surface area contributed by atoms with Gasteiger partial charge >= 0.3 is 0 Å². The van der Waals surface area contributed by atoms with Gasteiger partial charge in [0.1, 0.15) is 7.05 Å². The molecule has 0 aliphatic carbocycles. The summed E-state index contributed by atoms with van der Waals surface area (Å²) < 4.78 is 2.30. The Bertz CT molecular complexity index is 1110. The van der Waals surface area contributed by atoms with Crippen molar-refractivity contribution in [2.45, 2.75) is 20.8 Å². The first-order chi connectivity index (χ1) is 12.5. The van der Waals surface area contributed by atoms with Crippen molar-refractivity contribution in [3.8, 4) is 22.4 Å². The molecule has 0 saturated carbocycles. The standard InChI is InChI=1S/C24H23N2/c1-16-12-17(2)18(3)22(13-16)23-10-9-19-7-8-20(14-24(19)26(23)4)21-6-5-11-25-15-21/h5-15H,1-4H3/q+1.